The lowest BCUT2D eigenvalue weighted by atomic mass is 10.2. The van der Waals surface area contributed by atoms with Crippen LogP contribution in [-0.2, 0) is 6.54 Å². The molecule has 1 aromatic rings. The Morgan fingerprint density at radius 3 is 2.38 bits per heavy atom. The van der Waals surface area contributed by atoms with Gasteiger partial charge in [0.15, 0.2) is 0 Å². The molecule has 0 aliphatic rings. The molecule has 0 spiro atoms. The van der Waals surface area contributed by atoms with Gasteiger partial charge in [-0.15, -0.1) is 5.73 Å². The summed E-state index contributed by atoms with van der Waals surface area (Å²) in [4.78, 5) is 0.918. The molecule has 3 heteroatoms. The summed E-state index contributed by atoms with van der Waals surface area (Å²) in [6, 6.07) is 10.4. The van der Waals surface area contributed by atoms with E-state index >= 15 is 0 Å². The smallest absolute Gasteiger partial charge is 0.0804 e. The van der Waals surface area contributed by atoms with Crippen LogP contribution in [0.15, 0.2) is 48.7 Å². The molecule has 1 N–H and O–H groups in total. The highest BCUT2D eigenvalue weighted by molar-refractivity contribution is 7.80. The number of hydrogen-bond acceptors (Lipinski definition) is 1. The van der Waals surface area contributed by atoms with Crippen molar-refractivity contribution >= 4 is 25.3 Å². The molecular formula is C18H27NSSi. The second-order valence-electron chi connectivity index (χ2n) is 7.02. The molecule has 0 aliphatic heterocycles. The molecule has 21 heavy (non-hydrogen) atoms. The standard InChI is InChI=1S/C18H27NSSi/c1-7-11-16(21(5,6)18(2,3)4)17(20)19-14-15-12-9-8-10-13-15/h8-13,16H,1,14H2,2-6H3,(H,19,20). The maximum Gasteiger partial charge on any atom is 0.0804 e. The van der Waals surface area contributed by atoms with Gasteiger partial charge in [-0.05, 0) is 16.7 Å². The van der Waals surface area contributed by atoms with Gasteiger partial charge >= 0.3 is 0 Å². The quantitative estimate of drug-likeness (QED) is 0.448. The van der Waals surface area contributed by atoms with Gasteiger partial charge in [0.05, 0.1) is 13.1 Å². The second-order valence-corrected chi connectivity index (χ2v) is 13.0. The third-order valence-corrected chi connectivity index (χ3v) is 11.1. The number of thiocarbonyl (C=S) groups is 1. The van der Waals surface area contributed by atoms with E-state index in [0.29, 0.717) is 0 Å². The van der Waals surface area contributed by atoms with E-state index < -0.39 is 8.07 Å². The molecule has 1 unspecified atom stereocenters. The molecule has 0 saturated heterocycles. The van der Waals surface area contributed by atoms with Gasteiger partial charge in [-0.25, -0.2) is 0 Å². The SMILES string of the molecule is C=C=CC(C(=S)NCc1ccccc1)[Si](C)(C)C(C)(C)C. The van der Waals surface area contributed by atoms with Crippen molar-refractivity contribution in [3.63, 3.8) is 0 Å². The van der Waals surface area contributed by atoms with E-state index in [9.17, 15) is 0 Å². The lowest BCUT2D eigenvalue weighted by molar-refractivity contribution is 0.711. The fraction of sp³-hybridized carbons (Fsp3) is 0.444. The van der Waals surface area contributed by atoms with Crippen LogP contribution in [0.1, 0.15) is 26.3 Å². The third-order valence-electron chi connectivity index (χ3n) is 4.59. The van der Waals surface area contributed by atoms with E-state index in [2.05, 4.69) is 81.8 Å². The van der Waals surface area contributed by atoms with Gasteiger partial charge in [0.2, 0.25) is 0 Å². The summed E-state index contributed by atoms with van der Waals surface area (Å²) in [6.45, 7) is 16.2. The van der Waals surface area contributed by atoms with Crippen LogP contribution >= 0.6 is 12.2 Å². The van der Waals surface area contributed by atoms with Gasteiger partial charge in [0, 0.05) is 12.1 Å². The molecule has 0 aliphatic carbocycles. The van der Waals surface area contributed by atoms with Gasteiger partial charge in [0.1, 0.15) is 0 Å². The highest BCUT2D eigenvalue weighted by atomic mass is 32.1. The van der Waals surface area contributed by atoms with Crippen LogP contribution in [0.4, 0.5) is 0 Å². The van der Waals surface area contributed by atoms with Crippen LogP contribution in [0.25, 0.3) is 0 Å². The first-order valence-corrected chi connectivity index (χ1v) is 10.9. The fourth-order valence-corrected chi connectivity index (χ4v) is 5.34. The van der Waals surface area contributed by atoms with E-state index in [0.717, 1.165) is 11.5 Å². The van der Waals surface area contributed by atoms with E-state index in [1.165, 1.54) is 5.56 Å². The van der Waals surface area contributed by atoms with E-state index in [-0.39, 0.29) is 10.6 Å². The Labute approximate surface area is 136 Å². The Bertz CT molecular complexity index is 522. The summed E-state index contributed by atoms with van der Waals surface area (Å²) in [6.07, 6.45) is 2.05. The summed E-state index contributed by atoms with van der Waals surface area (Å²) in [5.41, 5.74) is 4.46. The van der Waals surface area contributed by atoms with Gasteiger partial charge in [-0.1, -0.05) is 83.0 Å². The zero-order valence-electron chi connectivity index (χ0n) is 13.9. The Balaban J connectivity index is 2.86. The second kappa shape index (κ2) is 7.21. The molecule has 1 atom stereocenters. The zero-order chi connectivity index (χ0) is 16.1. The molecule has 0 saturated carbocycles. The molecule has 1 nitrogen and oxygen atoms in total. The largest absolute Gasteiger partial charge is 0.375 e. The minimum absolute atomic E-state index is 0.258. The molecule has 0 fully saturated rings. The van der Waals surface area contributed by atoms with Crippen molar-refractivity contribution in [3.8, 4) is 0 Å². The minimum atomic E-state index is -1.62. The van der Waals surface area contributed by atoms with Crippen LogP contribution in [-0.4, -0.2) is 13.1 Å². The van der Waals surface area contributed by atoms with Crippen LogP contribution in [0.2, 0.25) is 23.7 Å². The highest BCUT2D eigenvalue weighted by Gasteiger charge is 2.42. The Hall–Kier alpha value is -1.15. The Morgan fingerprint density at radius 1 is 1.33 bits per heavy atom. The van der Waals surface area contributed by atoms with Gasteiger partial charge in [-0.3, -0.25) is 0 Å². The number of nitrogens with one attached hydrogen (secondary N) is 1. The Kier molecular flexibility index (Phi) is 6.15. The van der Waals surface area contributed by atoms with Crippen LogP contribution in [0.3, 0.4) is 0 Å². The first kappa shape index (κ1) is 17.9. The predicted octanol–water partition coefficient (Wildman–Crippen LogP) is 5.32. The van der Waals surface area contributed by atoms with E-state index in [1.807, 2.05) is 6.07 Å². The summed E-state index contributed by atoms with van der Waals surface area (Å²) < 4.78 is 0. The molecule has 1 rings (SSSR count). The van der Waals surface area contributed by atoms with Crippen molar-refractivity contribution < 1.29 is 0 Å². The molecular weight excluding hydrogens is 290 g/mol. The van der Waals surface area contributed by atoms with Crippen molar-refractivity contribution in [3.05, 3.63) is 54.3 Å². The van der Waals surface area contributed by atoms with E-state index in [4.69, 9.17) is 12.2 Å². The van der Waals surface area contributed by atoms with Crippen LogP contribution in [0, 0.1) is 0 Å². The van der Waals surface area contributed by atoms with Gasteiger partial charge < -0.3 is 5.32 Å². The molecule has 0 aromatic heterocycles. The number of benzene rings is 1. The fourth-order valence-electron chi connectivity index (χ4n) is 2.09. The summed E-state index contributed by atoms with van der Waals surface area (Å²) in [5.74, 6) is 0. The average Bonchev–Trinajstić information content (AvgIpc) is 2.42. The molecule has 0 bridgehead atoms. The molecule has 1 aromatic carbocycles. The summed E-state index contributed by atoms with van der Waals surface area (Å²) in [7, 11) is -1.62. The zero-order valence-corrected chi connectivity index (χ0v) is 15.7. The van der Waals surface area contributed by atoms with Gasteiger partial charge in [-0.2, -0.15) is 0 Å². The van der Waals surface area contributed by atoms with Crippen LogP contribution in [0.5, 0.6) is 0 Å². The van der Waals surface area contributed by atoms with Crippen molar-refractivity contribution in [2.45, 2.75) is 51.0 Å². The minimum Gasteiger partial charge on any atom is -0.375 e. The first-order chi connectivity index (χ1) is 9.70. The lowest BCUT2D eigenvalue weighted by Gasteiger charge is -2.42. The Morgan fingerprint density at radius 2 is 1.90 bits per heavy atom. The maximum atomic E-state index is 5.68. The third kappa shape index (κ3) is 4.67. The molecule has 0 heterocycles. The predicted molar refractivity (Wildman–Crippen MR) is 101 cm³/mol. The molecule has 0 amide bonds. The normalized spacial score (nSPS) is 13.2. The number of hydrogen-bond donors (Lipinski definition) is 1. The van der Waals surface area contributed by atoms with Crippen molar-refractivity contribution in [1.82, 2.24) is 5.32 Å². The van der Waals surface area contributed by atoms with Crippen molar-refractivity contribution in [1.29, 1.82) is 0 Å². The number of rotatable bonds is 5. The summed E-state index contributed by atoms with van der Waals surface area (Å²) in [5, 5.41) is 3.70. The monoisotopic (exact) mass is 317 g/mol. The van der Waals surface area contributed by atoms with Crippen LogP contribution < -0.4 is 5.32 Å². The van der Waals surface area contributed by atoms with Crippen molar-refractivity contribution in [2.75, 3.05) is 0 Å². The average molecular weight is 318 g/mol. The highest BCUT2D eigenvalue weighted by Crippen LogP contribution is 2.44. The maximum absolute atomic E-state index is 5.68. The topological polar surface area (TPSA) is 12.0 Å². The van der Waals surface area contributed by atoms with E-state index in [1.54, 1.807) is 0 Å². The lowest BCUT2D eigenvalue weighted by Crippen LogP contribution is -2.47. The molecule has 114 valence electrons. The van der Waals surface area contributed by atoms with Gasteiger partial charge in [0.25, 0.3) is 0 Å². The summed E-state index contributed by atoms with van der Waals surface area (Å²) >= 11 is 5.68. The van der Waals surface area contributed by atoms with Crippen molar-refractivity contribution in [2.24, 2.45) is 0 Å². The molecule has 0 radical (unpaired) electrons. The first-order valence-electron chi connectivity index (χ1n) is 7.37.